The topological polar surface area (TPSA) is 40.1 Å². The van der Waals surface area contributed by atoms with E-state index in [1.165, 1.54) is 0 Å². The van der Waals surface area contributed by atoms with Crippen LogP contribution in [0.1, 0.15) is 20.3 Å². The molecule has 9 heavy (non-hydrogen) atoms. The van der Waals surface area contributed by atoms with Gasteiger partial charge in [-0.2, -0.15) is 0 Å². The second-order valence-corrected chi connectivity index (χ2v) is 2.91. The molecule has 1 atom stereocenters. The molecule has 0 saturated carbocycles. The molecule has 0 heterocycles. The summed E-state index contributed by atoms with van der Waals surface area (Å²) in [6.07, 6.45) is 2.58. The van der Waals surface area contributed by atoms with E-state index in [0.717, 1.165) is 5.57 Å². The van der Waals surface area contributed by atoms with E-state index in [0.29, 0.717) is 6.42 Å². The number of hydrogen-bond donors (Lipinski definition) is 0. The predicted octanol–water partition coefficient (Wildman–Crippen LogP) is 1.22. The van der Waals surface area contributed by atoms with Crippen LogP contribution in [-0.2, 0) is 11.1 Å². The molecular formula is C6H11O2S-. The van der Waals surface area contributed by atoms with Crippen LogP contribution in [0.3, 0.4) is 0 Å². The molecule has 0 aromatic rings. The summed E-state index contributed by atoms with van der Waals surface area (Å²) in [7, 11) is 0. The largest absolute Gasteiger partial charge is 0.772 e. The van der Waals surface area contributed by atoms with Crippen molar-refractivity contribution in [2.24, 2.45) is 0 Å². The molecule has 0 spiro atoms. The summed E-state index contributed by atoms with van der Waals surface area (Å²) in [4.78, 5) is 0. The maximum Gasteiger partial charge on any atom is 0.0139 e. The highest BCUT2D eigenvalue weighted by Crippen LogP contribution is 1.98. The van der Waals surface area contributed by atoms with Crippen molar-refractivity contribution in [3.63, 3.8) is 0 Å². The first-order valence-electron chi connectivity index (χ1n) is 2.84. The first kappa shape index (κ1) is 8.85. The fourth-order valence-corrected chi connectivity index (χ4v) is 0.877. The smallest absolute Gasteiger partial charge is 0.0139 e. The molecule has 0 saturated heterocycles. The summed E-state index contributed by atoms with van der Waals surface area (Å²) in [6, 6.07) is 0. The molecule has 0 aromatic heterocycles. The lowest BCUT2D eigenvalue weighted by molar-refractivity contribution is 0.536. The Balaban J connectivity index is 3.39. The molecule has 0 N–H and O–H groups in total. The third kappa shape index (κ3) is 5.73. The Morgan fingerprint density at radius 2 is 2.33 bits per heavy atom. The van der Waals surface area contributed by atoms with Crippen molar-refractivity contribution in [2.45, 2.75) is 20.3 Å². The van der Waals surface area contributed by atoms with Crippen LogP contribution in [0.4, 0.5) is 0 Å². The second-order valence-electron chi connectivity index (χ2n) is 1.89. The lowest BCUT2D eigenvalue weighted by atomic mass is 10.2. The third-order valence-electron chi connectivity index (χ3n) is 1.16. The summed E-state index contributed by atoms with van der Waals surface area (Å²) < 4.78 is 20.0. The molecule has 0 rings (SSSR count). The number of rotatable bonds is 3. The maximum atomic E-state index is 9.99. The summed E-state index contributed by atoms with van der Waals surface area (Å²) in [5, 5.41) is 0. The van der Waals surface area contributed by atoms with E-state index in [-0.39, 0.29) is 5.75 Å². The Bertz CT molecular complexity index is 129. The highest BCUT2D eigenvalue weighted by Gasteiger charge is 1.86. The minimum absolute atomic E-state index is 0.246. The van der Waals surface area contributed by atoms with Crippen molar-refractivity contribution in [1.29, 1.82) is 0 Å². The highest BCUT2D eigenvalue weighted by molar-refractivity contribution is 7.79. The van der Waals surface area contributed by atoms with Crippen LogP contribution in [0.25, 0.3) is 0 Å². The minimum Gasteiger partial charge on any atom is -0.772 e. The summed E-state index contributed by atoms with van der Waals surface area (Å²) in [6.45, 7) is 3.83. The van der Waals surface area contributed by atoms with Gasteiger partial charge in [-0.15, -0.1) is 0 Å². The van der Waals surface area contributed by atoms with Gasteiger partial charge in [-0.05, 0) is 20.3 Å². The summed E-state index contributed by atoms with van der Waals surface area (Å²) in [5.41, 5.74) is 1.12. The Morgan fingerprint density at radius 1 is 1.78 bits per heavy atom. The fraction of sp³-hybridized carbons (Fsp3) is 0.667. The van der Waals surface area contributed by atoms with E-state index in [4.69, 9.17) is 0 Å². The standard InChI is InChI=1S/C6H12O2S/c1-3-6(2)4-5-9(7)8/h3H,4-5H2,1-2H3,(H,7,8)/p-1. The van der Waals surface area contributed by atoms with Crippen LogP contribution in [0.5, 0.6) is 0 Å². The van der Waals surface area contributed by atoms with Crippen LogP contribution < -0.4 is 0 Å². The lowest BCUT2D eigenvalue weighted by Crippen LogP contribution is -1.94. The molecule has 0 bridgehead atoms. The molecule has 0 fully saturated rings. The van der Waals surface area contributed by atoms with E-state index in [2.05, 4.69) is 0 Å². The normalized spacial score (nSPS) is 15.7. The third-order valence-corrected chi connectivity index (χ3v) is 1.69. The van der Waals surface area contributed by atoms with Gasteiger partial charge in [-0.3, -0.25) is 4.21 Å². The van der Waals surface area contributed by atoms with Gasteiger partial charge in [0.05, 0.1) is 0 Å². The Morgan fingerprint density at radius 3 is 2.67 bits per heavy atom. The Hall–Kier alpha value is -0.150. The predicted molar refractivity (Wildman–Crippen MR) is 37.8 cm³/mol. The van der Waals surface area contributed by atoms with Gasteiger partial charge in [0.25, 0.3) is 0 Å². The Labute approximate surface area is 58.3 Å². The first-order chi connectivity index (χ1) is 4.16. The van der Waals surface area contributed by atoms with Crippen LogP contribution >= 0.6 is 0 Å². The van der Waals surface area contributed by atoms with Crippen molar-refractivity contribution >= 4 is 11.1 Å². The summed E-state index contributed by atoms with van der Waals surface area (Å²) in [5.74, 6) is 0.246. The van der Waals surface area contributed by atoms with E-state index in [9.17, 15) is 8.76 Å². The lowest BCUT2D eigenvalue weighted by Gasteiger charge is -2.03. The van der Waals surface area contributed by atoms with Crippen LogP contribution in [0.2, 0.25) is 0 Å². The van der Waals surface area contributed by atoms with Gasteiger partial charge in [0.1, 0.15) is 0 Å². The molecule has 0 amide bonds. The average molecular weight is 147 g/mol. The van der Waals surface area contributed by atoms with Crippen molar-refractivity contribution in [3.8, 4) is 0 Å². The molecular weight excluding hydrogens is 136 g/mol. The van der Waals surface area contributed by atoms with Crippen molar-refractivity contribution in [3.05, 3.63) is 11.6 Å². The van der Waals surface area contributed by atoms with E-state index in [1.54, 1.807) is 0 Å². The molecule has 54 valence electrons. The van der Waals surface area contributed by atoms with Crippen LogP contribution in [0, 0.1) is 0 Å². The summed E-state index contributed by atoms with van der Waals surface area (Å²) >= 11 is -1.88. The van der Waals surface area contributed by atoms with Crippen molar-refractivity contribution < 1.29 is 8.76 Å². The van der Waals surface area contributed by atoms with Gasteiger partial charge in [0.2, 0.25) is 0 Å². The molecule has 0 aliphatic rings. The number of hydrogen-bond acceptors (Lipinski definition) is 2. The van der Waals surface area contributed by atoms with Gasteiger partial charge < -0.3 is 4.55 Å². The molecule has 1 unspecified atom stereocenters. The number of allylic oxidation sites excluding steroid dienone is 2. The molecule has 0 aromatic carbocycles. The van der Waals surface area contributed by atoms with Gasteiger partial charge in [0, 0.05) is 5.75 Å². The molecule has 2 nitrogen and oxygen atoms in total. The monoisotopic (exact) mass is 147 g/mol. The quantitative estimate of drug-likeness (QED) is 0.445. The zero-order valence-corrected chi connectivity index (χ0v) is 6.53. The zero-order valence-electron chi connectivity index (χ0n) is 5.72. The van der Waals surface area contributed by atoms with E-state index < -0.39 is 11.1 Å². The molecule has 3 heteroatoms. The molecule has 0 aliphatic heterocycles. The van der Waals surface area contributed by atoms with Crippen molar-refractivity contribution in [2.75, 3.05) is 5.75 Å². The van der Waals surface area contributed by atoms with Gasteiger partial charge in [0.15, 0.2) is 0 Å². The second kappa shape index (κ2) is 4.70. The van der Waals surface area contributed by atoms with E-state index in [1.807, 2.05) is 19.9 Å². The first-order valence-corrected chi connectivity index (χ1v) is 4.09. The SMILES string of the molecule is CC=C(C)CCS(=O)[O-]. The van der Waals surface area contributed by atoms with Gasteiger partial charge in [-0.1, -0.05) is 22.7 Å². The average Bonchev–Trinajstić information content (AvgIpc) is 1.83. The van der Waals surface area contributed by atoms with E-state index >= 15 is 0 Å². The fourth-order valence-electron chi connectivity index (χ4n) is 0.389. The van der Waals surface area contributed by atoms with Gasteiger partial charge in [-0.25, -0.2) is 0 Å². The zero-order chi connectivity index (χ0) is 7.28. The van der Waals surface area contributed by atoms with Crippen molar-refractivity contribution in [1.82, 2.24) is 0 Å². The highest BCUT2D eigenvalue weighted by atomic mass is 32.2. The van der Waals surface area contributed by atoms with Gasteiger partial charge >= 0.3 is 0 Å². The molecule has 0 aliphatic carbocycles. The Kier molecular flexibility index (Phi) is 4.62. The van der Waals surface area contributed by atoms with Crippen LogP contribution in [-0.4, -0.2) is 14.5 Å². The maximum absolute atomic E-state index is 9.99. The molecule has 0 radical (unpaired) electrons. The minimum atomic E-state index is -1.88. The van der Waals surface area contributed by atoms with Crippen LogP contribution in [0.15, 0.2) is 11.6 Å².